The summed E-state index contributed by atoms with van der Waals surface area (Å²) in [6.45, 7) is 2.93. The number of ketones is 2. The number of hydrogen-bond donors (Lipinski definition) is 2. The van der Waals surface area contributed by atoms with Crippen molar-refractivity contribution in [2.75, 3.05) is 10.6 Å². The third kappa shape index (κ3) is 4.91. The molecule has 0 fully saturated rings. The maximum atomic E-state index is 12.9. The zero-order valence-electron chi connectivity index (χ0n) is 18.7. The van der Waals surface area contributed by atoms with Gasteiger partial charge in [0.15, 0.2) is 11.6 Å². The van der Waals surface area contributed by atoms with E-state index in [4.69, 9.17) is 0 Å². The van der Waals surface area contributed by atoms with Gasteiger partial charge in [0.25, 0.3) is 11.8 Å². The molecular weight excluding hydrogens is 428 g/mol. The van der Waals surface area contributed by atoms with Crippen LogP contribution in [0.15, 0.2) is 84.9 Å². The van der Waals surface area contributed by atoms with Crippen LogP contribution in [0.4, 0.5) is 11.4 Å². The topological polar surface area (TPSA) is 92.3 Å². The first-order chi connectivity index (χ1) is 16.3. The molecule has 4 rings (SSSR count). The Morgan fingerprint density at radius 1 is 0.500 bits per heavy atom. The summed E-state index contributed by atoms with van der Waals surface area (Å²) >= 11 is 0. The fourth-order valence-electron chi connectivity index (χ4n) is 3.55. The Morgan fingerprint density at radius 2 is 0.824 bits per heavy atom. The lowest BCUT2D eigenvalue weighted by molar-refractivity contribution is 0.100. The van der Waals surface area contributed by atoms with E-state index in [-0.39, 0.29) is 23.4 Å². The number of fused-ring (bicyclic) bond motifs is 1. The number of carbonyl (C=O) groups excluding carboxylic acids is 4. The molecule has 0 radical (unpaired) electrons. The molecule has 6 heteroatoms. The van der Waals surface area contributed by atoms with Crippen LogP contribution in [-0.2, 0) is 0 Å². The Kier molecular flexibility index (Phi) is 6.32. The lowest BCUT2D eigenvalue weighted by Gasteiger charge is -2.14. The van der Waals surface area contributed by atoms with Crippen LogP contribution in [0, 0.1) is 0 Å². The third-order valence-electron chi connectivity index (χ3n) is 5.49. The summed E-state index contributed by atoms with van der Waals surface area (Å²) in [4.78, 5) is 48.8. The number of rotatable bonds is 6. The second-order valence-electron chi connectivity index (χ2n) is 7.92. The highest BCUT2D eigenvalue weighted by Gasteiger charge is 2.15. The summed E-state index contributed by atoms with van der Waals surface area (Å²) in [5.41, 5.74) is 2.68. The quantitative estimate of drug-likeness (QED) is 0.366. The zero-order chi connectivity index (χ0) is 24.2. The second-order valence-corrected chi connectivity index (χ2v) is 7.92. The molecule has 0 heterocycles. The highest BCUT2D eigenvalue weighted by molar-refractivity contribution is 6.12. The van der Waals surface area contributed by atoms with Crippen molar-refractivity contribution < 1.29 is 19.2 Å². The standard InChI is InChI=1S/C28H22N2O4/c1-17(31)19-7-11-21(12-8-19)27(33)29-25-15-23-5-3-4-6-24(23)16-26(25)30-28(34)22-13-9-20(10-14-22)18(2)32/h3-16H,1-2H3,(H,29,33)(H,30,34). The van der Waals surface area contributed by atoms with Gasteiger partial charge < -0.3 is 10.6 Å². The SMILES string of the molecule is CC(=O)c1ccc(C(=O)Nc2cc3ccccc3cc2NC(=O)c2ccc(C(C)=O)cc2)cc1. The molecule has 0 aliphatic carbocycles. The first kappa shape index (κ1) is 22.6. The molecule has 0 aliphatic heterocycles. The average molecular weight is 450 g/mol. The predicted octanol–water partition coefficient (Wildman–Crippen LogP) is 5.75. The van der Waals surface area contributed by atoms with Gasteiger partial charge in [-0.2, -0.15) is 0 Å². The number of amides is 2. The summed E-state index contributed by atoms with van der Waals surface area (Å²) in [7, 11) is 0. The predicted molar refractivity (Wildman–Crippen MR) is 133 cm³/mol. The van der Waals surface area contributed by atoms with E-state index >= 15 is 0 Å². The molecule has 34 heavy (non-hydrogen) atoms. The maximum Gasteiger partial charge on any atom is 0.255 e. The van der Waals surface area contributed by atoms with Crippen molar-refractivity contribution in [3.63, 3.8) is 0 Å². The Hall–Kier alpha value is -4.58. The molecule has 4 aromatic rings. The van der Waals surface area contributed by atoms with Crippen LogP contribution >= 0.6 is 0 Å². The van der Waals surface area contributed by atoms with Crippen molar-refractivity contribution in [2.24, 2.45) is 0 Å². The van der Waals surface area contributed by atoms with Gasteiger partial charge in [-0.05, 0) is 61.0 Å². The van der Waals surface area contributed by atoms with Crippen molar-refractivity contribution in [3.05, 3.63) is 107 Å². The molecule has 6 nitrogen and oxygen atoms in total. The molecule has 168 valence electrons. The van der Waals surface area contributed by atoms with Crippen LogP contribution in [0.3, 0.4) is 0 Å². The first-order valence-electron chi connectivity index (χ1n) is 10.7. The van der Waals surface area contributed by atoms with Crippen LogP contribution in [0.1, 0.15) is 55.3 Å². The van der Waals surface area contributed by atoms with Crippen molar-refractivity contribution in [2.45, 2.75) is 13.8 Å². The zero-order valence-corrected chi connectivity index (χ0v) is 18.7. The van der Waals surface area contributed by atoms with E-state index in [2.05, 4.69) is 10.6 Å². The summed E-state index contributed by atoms with van der Waals surface area (Å²) in [5, 5.41) is 7.52. The molecule has 0 bridgehead atoms. The van der Waals surface area contributed by atoms with Crippen molar-refractivity contribution in [1.29, 1.82) is 0 Å². The maximum absolute atomic E-state index is 12.9. The Bertz CT molecular complexity index is 1310. The monoisotopic (exact) mass is 450 g/mol. The van der Waals surface area contributed by atoms with Crippen LogP contribution in [0.2, 0.25) is 0 Å². The van der Waals surface area contributed by atoms with E-state index in [1.807, 2.05) is 24.3 Å². The molecule has 0 unspecified atom stereocenters. The molecule has 0 aliphatic rings. The van der Waals surface area contributed by atoms with Crippen LogP contribution in [0.5, 0.6) is 0 Å². The minimum atomic E-state index is -0.369. The largest absolute Gasteiger partial charge is 0.320 e. The van der Waals surface area contributed by atoms with Gasteiger partial charge in [0.1, 0.15) is 0 Å². The molecule has 0 saturated carbocycles. The van der Waals surface area contributed by atoms with Crippen LogP contribution < -0.4 is 10.6 Å². The molecule has 0 saturated heterocycles. The fourth-order valence-corrected chi connectivity index (χ4v) is 3.55. The van der Waals surface area contributed by atoms with E-state index in [0.717, 1.165) is 10.8 Å². The van der Waals surface area contributed by atoms with Gasteiger partial charge in [0.05, 0.1) is 11.4 Å². The normalized spacial score (nSPS) is 10.5. The van der Waals surface area contributed by atoms with Gasteiger partial charge in [0, 0.05) is 22.3 Å². The molecule has 0 spiro atoms. The molecule has 2 N–H and O–H groups in total. The molecule has 2 amide bonds. The smallest absolute Gasteiger partial charge is 0.255 e. The summed E-state index contributed by atoms with van der Waals surface area (Å²) in [5.74, 6) is -0.899. The lowest BCUT2D eigenvalue weighted by atomic mass is 10.1. The number of carbonyl (C=O) groups is 4. The Labute approximate surface area is 196 Å². The van der Waals surface area contributed by atoms with Crippen LogP contribution in [-0.4, -0.2) is 23.4 Å². The van der Waals surface area contributed by atoms with Crippen molar-refractivity contribution >= 4 is 45.5 Å². The number of anilines is 2. The molecule has 4 aromatic carbocycles. The van der Waals surface area contributed by atoms with Gasteiger partial charge in [-0.25, -0.2) is 0 Å². The van der Waals surface area contributed by atoms with Crippen molar-refractivity contribution in [1.82, 2.24) is 0 Å². The average Bonchev–Trinajstić information content (AvgIpc) is 2.84. The van der Waals surface area contributed by atoms with E-state index < -0.39 is 0 Å². The third-order valence-corrected chi connectivity index (χ3v) is 5.49. The number of Topliss-reactive ketones (excluding diaryl/α,β-unsaturated/α-hetero) is 2. The number of nitrogens with one attached hydrogen (secondary N) is 2. The summed E-state index contributed by atoms with van der Waals surface area (Å²) < 4.78 is 0. The second kappa shape index (κ2) is 9.50. The summed E-state index contributed by atoms with van der Waals surface area (Å²) in [6.07, 6.45) is 0. The summed E-state index contributed by atoms with van der Waals surface area (Å²) in [6, 6.07) is 24.0. The van der Waals surface area contributed by atoms with Gasteiger partial charge in [-0.1, -0.05) is 48.5 Å². The van der Waals surface area contributed by atoms with Crippen LogP contribution in [0.25, 0.3) is 10.8 Å². The first-order valence-corrected chi connectivity index (χ1v) is 10.7. The highest BCUT2D eigenvalue weighted by atomic mass is 16.2. The lowest BCUT2D eigenvalue weighted by Crippen LogP contribution is -2.17. The van der Waals surface area contributed by atoms with Crippen molar-refractivity contribution in [3.8, 4) is 0 Å². The van der Waals surface area contributed by atoms with Gasteiger partial charge >= 0.3 is 0 Å². The van der Waals surface area contributed by atoms with E-state index in [1.165, 1.54) is 13.8 Å². The highest BCUT2D eigenvalue weighted by Crippen LogP contribution is 2.29. The van der Waals surface area contributed by atoms with E-state index in [1.54, 1.807) is 60.7 Å². The van der Waals surface area contributed by atoms with E-state index in [0.29, 0.717) is 33.6 Å². The number of benzene rings is 4. The Morgan fingerprint density at radius 3 is 1.15 bits per heavy atom. The minimum absolute atomic E-state index is 0.0807. The molecule has 0 aromatic heterocycles. The van der Waals surface area contributed by atoms with Gasteiger partial charge in [0.2, 0.25) is 0 Å². The Balaban J connectivity index is 1.64. The number of hydrogen-bond acceptors (Lipinski definition) is 4. The fraction of sp³-hybridized carbons (Fsp3) is 0.0714. The van der Waals surface area contributed by atoms with E-state index in [9.17, 15) is 19.2 Å². The van der Waals surface area contributed by atoms with Gasteiger partial charge in [-0.3, -0.25) is 19.2 Å². The molecule has 0 atom stereocenters. The van der Waals surface area contributed by atoms with Gasteiger partial charge in [-0.15, -0.1) is 0 Å². The minimum Gasteiger partial charge on any atom is -0.320 e. The molecular formula is C28H22N2O4.